The Morgan fingerprint density at radius 3 is 2.89 bits per heavy atom. The zero-order valence-corrected chi connectivity index (χ0v) is 15.5. The normalized spacial score (nSPS) is 25.0. The minimum Gasteiger partial charge on any atom is -0.348 e. The van der Waals surface area contributed by atoms with Gasteiger partial charge in [-0.05, 0) is 56.9 Å². The molecule has 1 aliphatic carbocycles. The summed E-state index contributed by atoms with van der Waals surface area (Å²) in [5.41, 5.74) is 0.942. The SMILES string of the molecule is Cc1cccc(N2CC[C@]3(CCC[C@H](NC(=O)c4ccccn4)C3)C2=O)n1. The van der Waals surface area contributed by atoms with Crippen LogP contribution >= 0.6 is 0 Å². The number of rotatable bonds is 3. The van der Waals surface area contributed by atoms with Crippen LogP contribution in [0.5, 0.6) is 0 Å². The number of carbonyl (C=O) groups is 2. The molecule has 1 N–H and O–H groups in total. The summed E-state index contributed by atoms with van der Waals surface area (Å²) in [6, 6.07) is 11.1. The Hall–Kier alpha value is -2.76. The van der Waals surface area contributed by atoms with E-state index >= 15 is 0 Å². The van der Waals surface area contributed by atoms with Gasteiger partial charge in [0.2, 0.25) is 5.91 Å². The van der Waals surface area contributed by atoms with Crippen LogP contribution in [0.25, 0.3) is 0 Å². The van der Waals surface area contributed by atoms with Crippen molar-refractivity contribution in [2.75, 3.05) is 11.4 Å². The summed E-state index contributed by atoms with van der Waals surface area (Å²) in [4.78, 5) is 36.1. The molecular formula is C21H24N4O2. The molecule has 2 aliphatic rings. The number of nitrogens with one attached hydrogen (secondary N) is 1. The zero-order valence-electron chi connectivity index (χ0n) is 15.5. The van der Waals surface area contributed by atoms with Crippen LogP contribution in [-0.4, -0.2) is 34.4 Å². The minimum atomic E-state index is -0.383. The third kappa shape index (κ3) is 3.44. The summed E-state index contributed by atoms with van der Waals surface area (Å²) >= 11 is 0. The van der Waals surface area contributed by atoms with Gasteiger partial charge in [-0.1, -0.05) is 18.6 Å². The Morgan fingerprint density at radius 2 is 2.11 bits per heavy atom. The van der Waals surface area contributed by atoms with Crippen molar-refractivity contribution in [3.05, 3.63) is 54.0 Å². The second-order valence-corrected chi connectivity index (χ2v) is 7.61. The Balaban J connectivity index is 1.47. The molecule has 0 bridgehead atoms. The molecule has 2 aromatic heterocycles. The average Bonchev–Trinajstić information content (AvgIpc) is 2.98. The van der Waals surface area contributed by atoms with E-state index < -0.39 is 0 Å². The molecule has 1 saturated carbocycles. The fourth-order valence-electron chi connectivity index (χ4n) is 4.38. The van der Waals surface area contributed by atoms with E-state index in [9.17, 15) is 9.59 Å². The van der Waals surface area contributed by atoms with Gasteiger partial charge in [-0.25, -0.2) is 4.98 Å². The van der Waals surface area contributed by atoms with Gasteiger partial charge >= 0.3 is 0 Å². The molecule has 6 nitrogen and oxygen atoms in total. The van der Waals surface area contributed by atoms with Crippen LogP contribution in [0.4, 0.5) is 5.82 Å². The predicted molar refractivity (Wildman–Crippen MR) is 102 cm³/mol. The van der Waals surface area contributed by atoms with Crippen LogP contribution in [-0.2, 0) is 4.79 Å². The van der Waals surface area contributed by atoms with Gasteiger partial charge in [0.05, 0.1) is 5.41 Å². The van der Waals surface area contributed by atoms with Gasteiger partial charge in [-0.15, -0.1) is 0 Å². The fourth-order valence-corrected chi connectivity index (χ4v) is 4.38. The molecule has 1 saturated heterocycles. The van der Waals surface area contributed by atoms with Crippen molar-refractivity contribution < 1.29 is 9.59 Å². The monoisotopic (exact) mass is 364 g/mol. The number of amides is 2. The van der Waals surface area contributed by atoms with Gasteiger partial charge in [0.15, 0.2) is 0 Å². The molecule has 4 rings (SSSR count). The summed E-state index contributed by atoms with van der Waals surface area (Å²) in [5, 5.41) is 3.08. The van der Waals surface area contributed by atoms with E-state index in [4.69, 9.17) is 0 Å². The van der Waals surface area contributed by atoms with Gasteiger partial charge in [-0.3, -0.25) is 19.5 Å². The highest BCUT2D eigenvalue weighted by molar-refractivity contribution is 5.99. The third-order valence-corrected chi connectivity index (χ3v) is 5.74. The highest BCUT2D eigenvalue weighted by atomic mass is 16.2. The predicted octanol–water partition coefficient (Wildman–Crippen LogP) is 2.88. The number of hydrogen-bond donors (Lipinski definition) is 1. The summed E-state index contributed by atoms with van der Waals surface area (Å²) in [7, 11) is 0. The molecule has 27 heavy (non-hydrogen) atoms. The molecule has 3 heterocycles. The lowest BCUT2D eigenvalue weighted by Crippen LogP contribution is -2.46. The first-order valence-electron chi connectivity index (χ1n) is 9.55. The first-order valence-corrected chi connectivity index (χ1v) is 9.55. The highest BCUT2D eigenvalue weighted by Crippen LogP contribution is 2.45. The molecule has 2 aromatic rings. The molecular weight excluding hydrogens is 340 g/mol. The second kappa shape index (κ2) is 7.10. The lowest BCUT2D eigenvalue weighted by molar-refractivity contribution is -0.127. The van der Waals surface area contributed by atoms with Crippen LogP contribution in [0.3, 0.4) is 0 Å². The largest absolute Gasteiger partial charge is 0.348 e. The van der Waals surface area contributed by atoms with Crippen LogP contribution in [0, 0.1) is 12.3 Å². The topological polar surface area (TPSA) is 75.2 Å². The Bertz CT molecular complexity index is 854. The van der Waals surface area contributed by atoms with Gasteiger partial charge in [0, 0.05) is 24.5 Å². The number of carbonyl (C=O) groups excluding carboxylic acids is 2. The average molecular weight is 364 g/mol. The Morgan fingerprint density at radius 1 is 1.22 bits per heavy atom. The zero-order chi connectivity index (χ0) is 18.9. The van der Waals surface area contributed by atoms with E-state index in [1.807, 2.05) is 30.0 Å². The minimum absolute atomic E-state index is 0.00243. The molecule has 1 aliphatic heterocycles. The maximum atomic E-state index is 13.3. The third-order valence-electron chi connectivity index (χ3n) is 5.74. The number of pyridine rings is 2. The maximum absolute atomic E-state index is 13.3. The molecule has 0 aromatic carbocycles. The molecule has 2 fully saturated rings. The number of aromatic nitrogens is 2. The van der Waals surface area contributed by atoms with Crippen molar-refractivity contribution in [1.29, 1.82) is 0 Å². The first-order chi connectivity index (χ1) is 13.1. The quantitative estimate of drug-likeness (QED) is 0.909. The number of nitrogens with zero attached hydrogens (tertiary/aromatic N) is 3. The summed E-state index contributed by atoms with van der Waals surface area (Å²) in [6.45, 7) is 2.62. The van der Waals surface area contributed by atoms with Crippen molar-refractivity contribution in [2.45, 2.75) is 45.1 Å². The fraction of sp³-hybridized carbons (Fsp3) is 0.429. The van der Waals surface area contributed by atoms with E-state index in [2.05, 4.69) is 15.3 Å². The number of hydrogen-bond acceptors (Lipinski definition) is 4. The molecule has 0 unspecified atom stereocenters. The molecule has 2 amide bonds. The van der Waals surface area contributed by atoms with Crippen molar-refractivity contribution in [1.82, 2.24) is 15.3 Å². The summed E-state index contributed by atoms with van der Waals surface area (Å²) < 4.78 is 0. The van der Waals surface area contributed by atoms with Crippen molar-refractivity contribution in [2.24, 2.45) is 5.41 Å². The van der Waals surface area contributed by atoms with E-state index in [1.165, 1.54) is 0 Å². The smallest absolute Gasteiger partial charge is 0.270 e. The summed E-state index contributed by atoms with van der Waals surface area (Å²) in [5.74, 6) is 0.717. The van der Waals surface area contributed by atoms with E-state index in [1.54, 1.807) is 24.4 Å². The van der Waals surface area contributed by atoms with Gasteiger partial charge < -0.3 is 5.32 Å². The van der Waals surface area contributed by atoms with Gasteiger partial charge in [0.1, 0.15) is 11.5 Å². The van der Waals surface area contributed by atoms with Crippen molar-refractivity contribution >= 4 is 17.6 Å². The lowest BCUT2D eigenvalue weighted by atomic mass is 9.71. The van der Waals surface area contributed by atoms with E-state index in [0.717, 1.165) is 37.2 Å². The first kappa shape index (κ1) is 17.6. The number of aryl methyl sites for hydroxylation is 1. The van der Waals surface area contributed by atoms with Crippen molar-refractivity contribution in [3.63, 3.8) is 0 Å². The molecule has 1 spiro atoms. The van der Waals surface area contributed by atoms with Crippen molar-refractivity contribution in [3.8, 4) is 0 Å². The summed E-state index contributed by atoms with van der Waals surface area (Å²) in [6.07, 6.45) is 5.84. The standard InChI is InChI=1S/C21H24N4O2/c1-15-6-4-9-18(23-15)25-13-11-21(20(25)27)10-5-7-16(14-21)24-19(26)17-8-2-3-12-22-17/h2-4,6,8-9,12,16H,5,7,10-11,13-14H2,1H3,(H,24,26)/t16-,21-/m0/s1. The van der Waals surface area contributed by atoms with Crippen LogP contribution in [0.15, 0.2) is 42.6 Å². The molecule has 6 heteroatoms. The highest BCUT2D eigenvalue weighted by Gasteiger charge is 2.50. The van der Waals surface area contributed by atoms with E-state index in [0.29, 0.717) is 18.7 Å². The van der Waals surface area contributed by atoms with Gasteiger partial charge in [0.25, 0.3) is 5.91 Å². The second-order valence-electron chi connectivity index (χ2n) is 7.61. The van der Waals surface area contributed by atoms with Crippen LogP contribution in [0.1, 0.15) is 48.3 Å². The van der Waals surface area contributed by atoms with Gasteiger partial charge in [-0.2, -0.15) is 0 Å². The van der Waals surface area contributed by atoms with Crippen LogP contribution in [0.2, 0.25) is 0 Å². The maximum Gasteiger partial charge on any atom is 0.270 e. The van der Waals surface area contributed by atoms with Crippen LogP contribution < -0.4 is 10.2 Å². The Kier molecular flexibility index (Phi) is 4.64. The van der Waals surface area contributed by atoms with E-state index in [-0.39, 0.29) is 23.3 Å². The molecule has 140 valence electrons. The molecule has 0 radical (unpaired) electrons. The Labute approximate surface area is 159 Å². The number of anilines is 1. The molecule has 2 atom stereocenters. The lowest BCUT2D eigenvalue weighted by Gasteiger charge is -2.36.